The summed E-state index contributed by atoms with van der Waals surface area (Å²) >= 11 is 12.0. The lowest BCUT2D eigenvalue weighted by Crippen LogP contribution is -2.23. The number of nitro groups is 1. The Labute approximate surface area is 136 Å². The molecule has 1 amide bonds. The van der Waals surface area contributed by atoms with Crippen molar-refractivity contribution in [3.8, 4) is 0 Å². The van der Waals surface area contributed by atoms with E-state index in [-0.39, 0.29) is 27.8 Å². The summed E-state index contributed by atoms with van der Waals surface area (Å²) in [4.78, 5) is 26.3. The number of nitrogens with one attached hydrogen (secondary N) is 1. The number of hydrogen-bond donors (Lipinski definition) is 1. The Morgan fingerprint density at radius 2 is 2.09 bits per heavy atom. The largest absolute Gasteiger partial charge is 0.348 e. The van der Waals surface area contributed by atoms with Crippen LogP contribution in [0.5, 0.6) is 0 Å². The number of rotatable bonds is 4. The molecule has 1 aromatic heterocycles. The van der Waals surface area contributed by atoms with Crippen LogP contribution in [0.3, 0.4) is 0 Å². The topological polar surface area (TPSA) is 85.1 Å². The van der Waals surface area contributed by atoms with Crippen molar-refractivity contribution < 1.29 is 9.72 Å². The molecular weight excluding hydrogens is 329 g/mol. The summed E-state index contributed by atoms with van der Waals surface area (Å²) in [7, 11) is 0. The van der Waals surface area contributed by atoms with Gasteiger partial charge < -0.3 is 5.32 Å². The normalized spacial score (nSPS) is 10.3. The lowest BCUT2D eigenvalue weighted by molar-refractivity contribution is -0.384. The molecule has 0 aliphatic carbocycles. The van der Waals surface area contributed by atoms with Crippen LogP contribution >= 0.6 is 23.2 Å². The number of aromatic nitrogens is 1. The number of benzene rings is 1. The number of halogens is 2. The summed E-state index contributed by atoms with van der Waals surface area (Å²) < 4.78 is 0. The molecule has 0 radical (unpaired) electrons. The number of carbonyl (C=O) groups is 1. The summed E-state index contributed by atoms with van der Waals surface area (Å²) in [5.74, 6) is -0.453. The average molecular weight is 340 g/mol. The van der Waals surface area contributed by atoms with Crippen molar-refractivity contribution in [3.63, 3.8) is 0 Å². The highest BCUT2D eigenvalue weighted by atomic mass is 35.5. The van der Waals surface area contributed by atoms with Gasteiger partial charge in [-0.1, -0.05) is 35.3 Å². The van der Waals surface area contributed by atoms with E-state index in [2.05, 4.69) is 10.3 Å². The van der Waals surface area contributed by atoms with Crippen LogP contribution in [-0.4, -0.2) is 15.8 Å². The van der Waals surface area contributed by atoms with Gasteiger partial charge in [0.25, 0.3) is 11.6 Å². The zero-order chi connectivity index (χ0) is 16.3. The molecule has 0 bridgehead atoms. The number of pyridine rings is 1. The summed E-state index contributed by atoms with van der Waals surface area (Å²) in [5, 5.41) is 13.7. The minimum atomic E-state index is -0.494. The Hall–Kier alpha value is -2.18. The molecule has 8 heteroatoms. The first-order valence-corrected chi connectivity index (χ1v) is 6.98. The number of nitro benzene ring substituents is 1. The first kappa shape index (κ1) is 16.2. The molecule has 0 spiro atoms. The SMILES string of the molecule is Cc1ncc(C(=O)NCc2cccc([N+](=O)[O-])c2)c(Cl)c1Cl. The van der Waals surface area contributed by atoms with Crippen molar-refractivity contribution in [3.05, 3.63) is 67.4 Å². The molecule has 2 aromatic rings. The second-order valence-corrected chi connectivity index (χ2v) is 5.25. The fourth-order valence-electron chi connectivity index (χ4n) is 1.77. The predicted octanol–water partition coefficient (Wildman–Crippen LogP) is 3.54. The van der Waals surface area contributed by atoms with E-state index in [1.807, 2.05) is 0 Å². The van der Waals surface area contributed by atoms with Crippen LogP contribution in [-0.2, 0) is 6.54 Å². The van der Waals surface area contributed by atoms with Crippen LogP contribution < -0.4 is 5.32 Å². The van der Waals surface area contributed by atoms with E-state index in [0.29, 0.717) is 11.3 Å². The van der Waals surface area contributed by atoms with Gasteiger partial charge in [0, 0.05) is 24.9 Å². The van der Waals surface area contributed by atoms with Gasteiger partial charge in [0.2, 0.25) is 0 Å². The van der Waals surface area contributed by atoms with Gasteiger partial charge in [-0.25, -0.2) is 0 Å². The van der Waals surface area contributed by atoms with E-state index in [4.69, 9.17) is 23.2 Å². The molecule has 22 heavy (non-hydrogen) atoms. The Kier molecular flexibility index (Phi) is 4.95. The maximum absolute atomic E-state index is 12.1. The van der Waals surface area contributed by atoms with Crippen molar-refractivity contribution in [1.82, 2.24) is 10.3 Å². The van der Waals surface area contributed by atoms with Crippen LogP contribution in [0.4, 0.5) is 5.69 Å². The Balaban J connectivity index is 2.12. The third-order valence-corrected chi connectivity index (χ3v) is 3.90. The number of amides is 1. The molecule has 2 rings (SSSR count). The van der Waals surface area contributed by atoms with Gasteiger partial charge in [0.05, 0.1) is 26.2 Å². The number of nitrogens with zero attached hydrogens (tertiary/aromatic N) is 2. The molecular formula is C14H11Cl2N3O3. The third kappa shape index (κ3) is 3.52. The Morgan fingerprint density at radius 3 is 2.77 bits per heavy atom. The Bertz CT molecular complexity index is 750. The summed E-state index contributed by atoms with van der Waals surface area (Å²) in [5.41, 5.74) is 1.25. The number of hydrogen-bond acceptors (Lipinski definition) is 4. The molecule has 0 saturated heterocycles. The smallest absolute Gasteiger partial charge is 0.269 e. The highest BCUT2D eigenvalue weighted by molar-refractivity contribution is 6.44. The summed E-state index contributed by atoms with van der Waals surface area (Å²) in [6, 6.07) is 6.00. The van der Waals surface area contributed by atoms with Crippen LogP contribution in [0.15, 0.2) is 30.5 Å². The first-order valence-electron chi connectivity index (χ1n) is 6.22. The quantitative estimate of drug-likeness (QED) is 0.681. The predicted molar refractivity (Wildman–Crippen MR) is 83.3 cm³/mol. The zero-order valence-corrected chi connectivity index (χ0v) is 13.0. The number of non-ortho nitro benzene ring substituents is 1. The van der Waals surface area contributed by atoms with Crippen LogP contribution in [0.1, 0.15) is 21.6 Å². The van der Waals surface area contributed by atoms with Gasteiger partial charge in [0.1, 0.15) is 0 Å². The molecule has 0 aliphatic heterocycles. The third-order valence-electron chi connectivity index (χ3n) is 2.95. The molecule has 1 N–H and O–H groups in total. The van der Waals surface area contributed by atoms with Crippen LogP contribution in [0, 0.1) is 17.0 Å². The molecule has 0 saturated carbocycles. The van der Waals surface area contributed by atoms with Gasteiger partial charge in [-0.15, -0.1) is 0 Å². The van der Waals surface area contributed by atoms with Gasteiger partial charge in [-0.2, -0.15) is 0 Å². The molecule has 0 atom stereocenters. The molecule has 1 aromatic carbocycles. The second kappa shape index (κ2) is 6.72. The van der Waals surface area contributed by atoms with Crippen molar-refractivity contribution >= 4 is 34.8 Å². The van der Waals surface area contributed by atoms with Crippen molar-refractivity contribution in [2.45, 2.75) is 13.5 Å². The highest BCUT2D eigenvalue weighted by Gasteiger charge is 2.15. The minimum Gasteiger partial charge on any atom is -0.348 e. The Morgan fingerprint density at radius 1 is 1.36 bits per heavy atom. The molecule has 1 heterocycles. The van der Waals surface area contributed by atoms with Gasteiger partial charge >= 0.3 is 0 Å². The monoisotopic (exact) mass is 339 g/mol. The van der Waals surface area contributed by atoms with Crippen molar-refractivity contribution in [2.75, 3.05) is 0 Å². The standard InChI is InChI=1S/C14H11Cl2N3O3/c1-8-12(15)13(16)11(7-17-8)14(20)18-6-9-3-2-4-10(5-9)19(21)22/h2-5,7H,6H2,1H3,(H,18,20). The van der Waals surface area contributed by atoms with Gasteiger partial charge in [-0.05, 0) is 12.5 Å². The van der Waals surface area contributed by atoms with Gasteiger partial charge in [-0.3, -0.25) is 19.9 Å². The van der Waals surface area contributed by atoms with Gasteiger partial charge in [0.15, 0.2) is 0 Å². The van der Waals surface area contributed by atoms with Crippen molar-refractivity contribution in [2.24, 2.45) is 0 Å². The summed E-state index contributed by atoms with van der Waals surface area (Å²) in [6.07, 6.45) is 1.34. The van der Waals surface area contributed by atoms with Crippen LogP contribution in [0.2, 0.25) is 10.0 Å². The van der Waals surface area contributed by atoms with E-state index >= 15 is 0 Å². The van der Waals surface area contributed by atoms with Crippen molar-refractivity contribution in [1.29, 1.82) is 0 Å². The number of aryl methyl sites for hydroxylation is 1. The molecule has 0 unspecified atom stereocenters. The lowest BCUT2D eigenvalue weighted by Gasteiger charge is -2.08. The summed E-state index contributed by atoms with van der Waals surface area (Å²) in [6.45, 7) is 1.81. The van der Waals surface area contributed by atoms with E-state index in [9.17, 15) is 14.9 Å². The van der Waals surface area contributed by atoms with E-state index < -0.39 is 10.8 Å². The molecule has 114 valence electrons. The minimum absolute atomic E-state index is 0.0372. The number of carbonyl (C=O) groups excluding carboxylic acids is 1. The first-order chi connectivity index (χ1) is 10.4. The average Bonchev–Trinajstić information content (AvgIpc) is 2.50. The maximum atomic E-state index is 12.1. The second-order valence-electron chi connectivity index (χ2n) is 4.49. The van der Waals surface area contributed by atoms with E-state index in [1.165, 1.54) is 18.3 Å². The molecule has 6 nitrogen and oxygen atoms in total. The lowest BCUT2D eigenvalue weighted by atomic mass is 10.2. The van der Waals surface area contributed by atoms with E-state index in [0.717, 1.165) is 0 Å². The fraction of sp³-hybridized carbons (Fsp3) is 0.143. The molecule has 0 fully saturated rings. The fourth-order valence-corrected chi connectivity index (χ4v) is 2.19. The maximum Gasteiger partial charge on any atom is 0.269 e. The zero-order valence-electron chi connectivity index (χ0n) is 11.5. The molecule has 0 aliphatic rings. The van der Waals surface area contributed by atoms with Crippen LogP contribution in [0.25, 0.3) is 0 Å². The highest BCUT2D eigenvalue weighted by Crippen LogP contribution is 2.27. The van der Waals surface area contributed by atoms with E-state index in [1.54, 1.807) is 19.1 Å².